The number of fused-ring (bicyclic) bond motifs is 3. The zero-order valence-electron chi connectivity index (χ0n) is 16.5. The molecule has 2 aromatic rings. The lowest BCUT2D eigenvalue weighted by atomic mass is 10.1. The standard InChI is InChI=1S/C21H25N5O3/c1-2-22-21(27)23-14-5-3-13(4-6-14)19-24-18-12-29-11-17(18)20(25-19)26-15-7-8-16(26)10-28-9-15/h3-6,15-16H,2,7-12H2,1H3,(H2,22,23,27)/t15-,16+. The van der Waals surface area contributed by atoms with Crippen molar-refractivity contribution in [1.29, 1.82) is 0 Å². The molecule has 4 heterocycles. The number of carbonyl (C=O) groups excluding carboxylic acids is 1. The summed E-state index contributed by atoms with van der Waals surface area (Å²) in [5, 5.41) is 5.54. The van der Waals surface area contributed by atoms with Gasteiger partial charge in [-0.15, -0.1) is 0 Å². The number of amides is 2. The smallest absolute Gasteiger partial charge is 0.319 e. The molecule has 8 heteroatoms. The average Bonchev–Trinajstić information content (AvgIpc) is 3.29. The van der Waals surface area contributed by atoms with Crippen LogP contribution in [0.2, 0.25) is 0 Å². The largest absolute Gasteiger partial charge is 0.377 e. The van der Waals surface area contributed by atoms with E-state index in [1.807, 2.05) is 31.2 Å². The number of hydrogen-bond donors (Lipinski definition) is 2. The highest BCUT2D eigenvalue weighted by Crippen LogP contribution is 2.38. The Morgan fingerprint density at radius 3 is 2.59 bits per heavy atom. The third kappa shape index (κ3) is 3.42. The summed E-state index contributed by atoms with van der Waals surface area (Å²) in [7, 11) is 0. The number of nitrogens with one attached hydrogen (secondary N) is 2. The normalized spacial score (nSPS) is 22.4. The van der Waals surface area contributed by atoms with E-state index in [1.54, 1.807) is 0 Å². The van der Waals surface area contributed by atoms with Gasteiger partial charge in [0.05, 0.1) is 44.2 Å². The van der Waals surface area contributed by atoms with Gasteiger partial charge < -0.3 is 25.0 Å². The first-order valence-corrected chi connectivity index (χ1v) is 10.2. The summed E-state index contributed by atoms with van der Waals surface area (Å²) in [6.07, 6.45) is 2.28. The molecule has 29 heavy (non-hydrogen) atoms. The molecular weight excluding hydrogens is 370 g/mol. The van der Waals surface area contributed by atoms with E-state index in [0.717, 1.165) is 54.4 Å². The van der Waals surface area contributed by atoms with E-state index in [4.69, 9.17) is 19.4 Å². The molecule has 1 aromatic carbocycles. The lowest BCUT2D eigenvalue weighted by molar-refractivity contribution is 0.0898. The summed E-state index contributed by atoms with van der Waals surface area (Å²) < 4.78 is 11.4. The van der Waals surface area contributed by atoms with Gasteiger partial charge in [0.2, 0.25) is 0 Å². The molecular formula is C21H25N5O3. The van der Waals surface area contributed by atoms with Crippen LogP contribution in [-0.2, 0) is 22.7 Å². The Morgan fingerprint density at radius 2 is 1.86 bits per heavy atom. The van der Waals surface area contributed by atoms with Gasteiger partial charge in [0, 0.05) is 23.4 Å². The summed E-state index contributed by atoms with van der Waals surface area (Å²) in [5.74, 6) is 1.70. The number of urea groups is 1. The fraction of sp³-hybridized carbons (Fsp3) is 0.476. The van der Waals surface area contributed by atoms with Gasteiger partial charge in [-0.3, -0.25) is 0 Å². The van der Waals surface area contributed by atoms with E-state index in [2.05, 4.69) is 15.5 Å². The summed E-state index contributed by atoms with van der Waals surface area (Å²) in [5.41, 5.74) is 3.74. The topological polar surface area (TPSA) is 88.6 Å². The molecule has 1 aromatic heterocycles. The number of anilines is 2. The van der Waals surface area contributed by atoms with Gasteiger partial charge in [-0.1, -0.05) is 0 Å². The second kappa shape index (κ2) is 7.61. The molecule has 2 atom stereocenters. The minimum Gasteiger partial charge on any atom is -0.377 e. The fourth-order valence-corrected chi connectivity index (χ4v) is 4.39. The second-order valence-corrected chi connectivity index (χ2v) is 7.68. The summed E-state index contributed by atoms with van der Waals surface area (Å²) >= 11 is 0. The molecule has 0 saturated carbocycles. The number of carbonyl (C=O) groups is 1. The van der Waals surface area contributed by atoms with Crippen molar-refractivity contribution in [3.8, 4) is 11.4 Å². The molecule has 2 bridgehead atoms. The van der Waals surface area contributed by atoms with Crippen LogP contribution >= 0.6 is 0 Å². The minimum absolute atomic E-state index is 0.212. The Kier molecular flexibility index (Phi) is 4.81. The van der Waals surface area contributed by atoms with Gasteiger partial charge in [-0.2, -0.15) is 0 Å². The van der Waals surface area contributed by atoms with Gasteiger partial charge in [0.1, 0.15) is 5.82 Å². The van der Waals surface area contributed by atoms with Crippen molar-refractivity contribution >= 4 is 17.5 Å². The highest BCUT2D eigenvalue weighted by Gasteiger charge is 2.40. The molecule has 5 rings (SSSR count). The Balaban J connectivity index is 1.46. The first-order valence-electron chi connectivity index (χ1n) is 10.2. The predicted octanol–water partition coefficient (Wildman–Crippen LogP) is 2.68. The van der Waals surface area contributed by atoms with E-state index in [0.29, 0.717) is 37.7 Å². The molecule has 0 unspecified atom stereocenters. The van der Waals surface area contributed by atoms with E-state index in [1.165, 1.54) is 0 Å². The highest BCUT2D eigenvalue weighted by molar-refractivity contribution is 5.89. The van der Waals surface area contributed by atoms with Crippen molar-refractivity contribution in [3.05, 3.63) is 35.5 Å². The van der Waals surface area contributed by atoms with Gasteiger partial charge in [-0.25, -0.2) is 14.8 Å². The molecule has 0 radical (unpaired) electrons. The number of aromatic nitrogens is 2. The number of benzene rings is 1. The molecule has 3 aliphatic heterocycles. The number of ether oxygens (including phenoxy) is 2. The SMILES string of the molecule is CCNC(=O)Nc1ccc(-c2nc3c(c(N4[C@@H]5CC[C@H]4COC5)n2)COC3)cc1. The summed E-state index contributed by atoms with van der Waals surface area (Å²) in [6, 6.07) is 8.17. The first kappa shape index (κ1) is 18.3. The third-order valence-corrected chi connectivity index (χ3v) is 5.78. The number of rotatable bonds is 4. The van der Waals surface area contributed by atoms with Crippen LogP contribution in [0.3, 0.4) is 0 Å². The minimum atomic E-state index is -0.212. The van der Waals surface area contributed by atoms with Crippen molar-refractivity contribution in [2.24, 2.45) is 0 Å². The van der Waals surface area contributed by atoms with E-state index in [9.17, 15) is 4.79 Å². The Bertz CT molecular complexity index is 901. The maximum atomic E-state index is 11.7. The van der Waals surface area contributed by atoms with Crippen LogP contribution in [0, 0.1) is 0 Å². The molecule has 2 N–H and O–H groups in total. The highest BCUT2D eigenvalue weighted by atomic mass is 16.5. The predicted molar refractivity (Wildman–Crippen MR) is 109 cm³/mol. The molecule has 2 amide bonds. The molecule has 152 valence electrons. The lowest BCUT2D eigenvalue weighted by Gasteiger charge is -2.36. The van der Waals surface area contributed by atoms with Gasteiger partial charge >= 0.3 is 6.03 Å². The Morgan fingerprint density at radius 1 is 1.10 bits per heavy atom. The van der Waals surface area contributed by atoms with Crippen molar-refractivity contribution in [1.82, 2.24) is 15.3 Å². The zero-order chi connectivity index (χ0) is 19.8. The van der Waals surface area contributed by atoms with Gasteiger partial charge in [0.25, 0.3) is 0 Å². The van der Waals surface area contributed by atoms with Crippen molar-refractivity contribution in [2.75, 3.05) is 30.0 Å². The number of nitrogens with zero attached hydrogens (tertiary/aromatic N) is 3. The van der Waals surface area contributed by atoms with Crippen molar-refractivity contribution in [2.45, 2.75) is 45.1 Å². The number of hydrogen-bond acceptors (Lipinski definition) is 6. The van der Waals surface area contributed by atoms with Crippen molar-refractivity contribution in [3.63, 3.8) is 0 Å². The first-order chi connectivity index (χ1) is 14.2. The van der Waals surface area contributed by atoms with Crippen molar-refractivity contribution < 1.29 is 14.3 Å². The van der Waals surface area contributed by atoms with Crippen LogP contribution in [0.25, 0.3) is 11.4 Å². The maximum absolute atomic E-state index is 11.7. The van der Waals surface area contributed by atoms with Crippen LogP contribution in [-0.4, -0.2) is 47.8 Å². The molecule has 0 aliphatic carbocycles. The van der Waals surface area contributed by atoms with Crippen LogP contribution in [0.5, 0.6) is 0 Å². The van der Waals surface area contributed by atoms with Crippen LogP contribution in [0.15, 0.2) is 24.3 Å². The molecule has 8 nitrogen and oxygen atoms in total. The fourth-order valence-electron chi connectivity index (χ4n) is 4.39. The Hall–Kier alpha value is -2.71. The van der Waals surface area contributed by atoms with Crippen LogP contribution in [0.1, 0.15) is 31.0 Å². The number of morpholine rings is 1. The molecule has 0 spiro atoms. The van der Waals surface area contributed by atoms with Gasteiger partial charge in [0.15, 0.2) is 5.82 Å². The molecule has 2 saturated heterocycles. The lowest BCUT2D eigenvalue weighted by Crippen LogP contribution is -2.46. The second-order valence-electron chi connectivity index (χ2n) is 7.68. The van der Waals surface area contributed by atoms with E-state index < -0.39 is 0 Å². The van der Waals surface area contributed by atoms with Crippen LogP contribution < -0.4 is 15.5 Å². The molecule has 2 fully saturated rings. The van der Waals surface area contributed by atoms with E-state index >= 15 is 0 Å². The average molecular weight is 395 g/mol. The zero-order valence-corrected chi connectivity index (χ0v) is 16.5. The van der Waals surface area contributed by atoms with E-state index in [-0.39, 0.29) is 6.03 Å². The van der Waals surface area contributed by atoms with Gasteiger partial charge in [-0.05, 0) is 44.0 Å². The monoisotopic (exact) mass is 395 g/mol. The molecule has 3 aliphatic rings. The summed E-state index contributed by atoms with van der Waals surface area (Å²) in [4.78, 5) is 23.9. The quantitative estimate of drug-likeness (QED) is 0.828. The Labute approximate surface area is 169 Å². The summed E-state index contributed by atoms with van der Waals surface area (Å²) in [6.45, 7) is 5.07. The van der Waals surface area contributed by atoms with Crippen LogP contribution in [0.4, 0.5) is 16.3 Å². The maximum Gasteiger partial charge on any atom is 0.319 e. The third-order valence-electron chi connectivity index (χ3n) is 5.78.